The smallest absolute Gasteiger partial charge is 0.184 e. The van der Waals surface area contributed by atoms with Gasteiger partial charge in [0, 0.05) is 6.04 Å². The number of anilines is 1. The van der Waals surface area contributed by atoms with Gasteiger partial charge in [0.1, 0.15) is 0 Å². The van der Waals surface area contributed by atoms with E-state index in [1.165, 1.54) is 34.6 Å². The molecular formula is C13H16N2S2. The number of nitrogens with one attached hydrogen (secondary N) is 1. The van der Waals surface area contributed by atoms with Gasteiger partial charge in [-0.3, -0.25) is 0 Å². The van der Waals surface area contributed by atoms with Gasteiger partial charge in [0.05, 0.1) is 10.2 Å². The zero-order valence-corrected chi connectivity index (χ0v) is 11.5. The van der Waals surface area contributed by atoms with Gasteiger partial charge < -0.3 is 5.32 Å². The molecule has 1 aromatic carbocycles. The first-order valence-corrected chi connectivity index (χ1v) is 8.00. The summed E-state index contributed by atoms with van der Waals surface area (Å²) < 4.78 is 1.29. The number of nitrogens with zero attached hydrogens (tertiary/aromatic N) is 1. The number of fused-ring (bicyclic) bond motifs is 1. The number of para-hydroxylation sites is 1. The van der Waals surface area contributed by atoms with Crippen molar-refractivity contribution in [2.75, 3.05) is 16.8 Å². The van der Waals surface area contributed by atoms with Crippen molar-refractivity contribution >= 4 is 38.4 Å². The molecule has 1 aromatic heterocycles. The first-order chi connectivity index (χ1) is 8.33. The zero-order valence-electron chi connectivity index (χ0n) is 9.90. The molecule has 2 heterocycles. The van der Waals surface area contributed by atoms with Gasteiger partial charge in [-0.15, -0.1) is 0 Å². The molecule has 2 nitrogen and oxygen atoms in total. The van der Waals surface area contributed by atoms with Crippen LogP contribution in [0.5, 0.6) is 0 Å². The highest BCUT2D eigenvalue weighted by Gasteiger charge is 2.15. The lowest BCUT2D eigenvalue weighted by Crippen LogP contribution is -2.24. The van der Waals surface area contributed by atoms with Crippen LogP contribution in [-0.2, 0) is 0 Å². The molecule has 17 heavy (non-hydrogen) atoms. The standard InChI is InChI=1S/C13H16N2S2/c1-9-3-2-4-11-12(9)15-13(17-11)14-10-5-7-16-8-6-10/h2-4,10H,5-8H2,1H3,(H,14,15). The molecule has 1 N–H and O–H groups in total. The molecule has 4 heteroatoms. The summed E-state index contributed by atoms with van der Waals surface area (Å²) in [5.41, 5.74) is 2.43. The average Bonchev–Trinajstić information content (AvgIpc) is 2.74. The Morgan fingerprint density at radius 3 is 2.88 bits per heavy atom. The van der Waals surface area contributed by atoms with Gasteiger partial charge in [0.15, 0.2) is 5.13 Å². The molecule has 0 atom stereocenters. The van der Waals surface area contributed by atoms with Crippen LogP contribution in [0.1, 0.15) is 18.4 Å². The van der Waals surface area contributed by atoms with E-state index in [-0.39, 0.29) is 0 Å². The second-order valence-electron chi connectivity index (χ2n) is 4.47. The minimum Gasteiger partial charge on any atom is -0.359 e. The lowest BCUT2D eigenvalue weighted by molar-refractivity contribution is 0.666. The highest BCUT2D eigenvalue weighted by Crippen LogP contribution is 2.29. The summed E-state index contributed by atoms with van der Waals surface area (Å²) in [5.74, 6) is 2.56. The van der Waals surface area contributed by atoms with Gasteiger partial charge in [0.25, 0.3) is 0 Å². The number of aryl methyl sites for hydroxylation is 1. The average molecular weight is 264 g/mol. The lowest BCUT2D eigenvalue weighted by Gasteiger charge is -2.21. The van der Waals surface area contributed by atoms with Gasteiger partial charge in [-0.25, -0.2) is 4.98 Å². The number of rotatable bonds is 2. The third-order valence-corrected chi connectivity index (χ3v) is 5.17. The highest BCUT2D eigenvalue weighted by molar-refractivity contribution is 7.99. The third-order valence-electron chi connectivity index (χ3n) is 3.17. The van der Waals surface area contributed by atoms with Crippen LogP contribution in [0.2, 0.25) is 0 Å². The maximum atomic E-state index is 4.71. The Balaban J connectivity index is 1.83. The Hall–Kier alpha value is -0.740. The first-order valence-electron chi connectivity index (χ1n) is 6.03. The molecule has 1 fully saturated rings. The zero-order chi connectivity index (χ0) is 11.7. The van der Waals surface area contributed by atoms with Crippen molar-refractivity contribution in [2.24, 2.45) is 0 Å². The summed E-state index contributed by atoms with van der Waals surface area (Å²) >= 11 is 3.84. The summed E-state index contributed by atoms with van der Waals surface area (Å²) in [6.45, 7) is 2.13. The molecule has 90 valence electrons. The number of aromatic nitrogens is 1. The molecule has 3 rings (SSSR count). The van der Waals surface area contributed by atoms with Crippen molar-refractivity contribution in [2.45, 2.75) is 25.8 Å². The van der Waals surface area contributed by atoms with E-state index in [4.69, 9.17) is 4.98 Å². The molecule has 1 aliphatic rings. The van der Waals surface area contributed by atoms with Gasteiger partial charge >= 0.3 is 0 Å². The summed E-state index contributed by atoms with van der Waals surface area (Å²) in [6.07, 6.45) is 2.53. The predicted molar refractivity (Wildman–Crippen MR) is 78.3 cm³/mol. The second kappa shape index (κ2) is 4.86. The Bertz CT molecular complexity index is 515. The van der Waals surface area contributed by atoms with Crippen molar-refractivity contribution in [3.8, 4) is 0 Å². The minimum absolute atomic E-state index is 0.622. The normalized spacial score (nSPS) is 17.5. The van der Waals surface area contributed by atoms with Crippen LogP contribution in [0.15, 0.2) is 18.2 Å². The summed E-state index contributed by atoms with van der Waals surface area (Å²) in [4.78, 5) is 4.71. The number of benzene rings is 1. The van der Waals surface area contributed by atoms with Crippen LogP contribution in [0.25, 0.3) is 10.2 Å². The van der Waals surface area contributed by atoms with E-state index < -0.39 is 0 Å². The number of hydrogen-bond donors (Lipinski definition) is 1. The highest BCUT2D eigenvalue weighted by atomic mass is 32.2. The van der Waals surface area contributed by atoms with E-state index in [0.717, 1.165) is 10.6 Å². The monoisotopic (exact) mass is 264 g/mol. The van der Waals surface area contributed by atoms with Crippen molar-refractivity contribution in [1.29, 1.82) is 0 Å². The second-order valence-corrected chi connectivity index (χ2v) is 6.73. The summed E-state index contributed by atoms with van der Waals surface area (Å²) in [5, 5.41) is 4.68. The largest absolute Gasteiger partial charge is 0.359 e. The Labute approximate surface area is 110 Å². The predicted octanol–water partition coefficient (Wildman–Crippen LogP) is 3.91. The molecular weight excluding hydrogens is 248 g/mol. The number of thioether (sulfide) groups is 1. The fourth-order valence-corrected chi connectivity index (χ4v) is 4.29. The van der Waals surface area contributed by atoms with E-state index in [1.54, 1.807) is 11.3 Å². The number of hydrogen-bond acceptors (Lipinski definition) is 4. The quantitative estimate of drug-likeness (QED) is 0.890. The third kappa shape index (κ3) is 2.43. The minimum atomic E-state index is 0.622. The van der Waals surface area contributed by atoms with Gasteiger partial charge in [-0.05, 0) is 42.9 Å². The van der Waals surface area contributed by atoms with Crippen LogP contribution in [-0.4, -0.2) is 22.5 Å². The van der Waals surface area contributed by atoms with Gasteiger partial charge in [-0.1, -0.05) is 23.5 Å². The Morgan fingerprint density at radius 2 is 2.12 bits per heavy atom. The maximum absolute atomic E-state index is 4.71. The fraction of sp³-hybridized carbons (Fsp3) is 0.462. The lowest BCUT2D eigenvalue weighted by atomic mass is 10.2. The molecule has 0 bridgehead atoms. The van der Waals surface area contributed by atoms with E-state index in [0.29, 0.717) is 6.04 Å². The number of thiazole rings is 1. The molecule has 1 saturated heterocycles. The first kappa shape index (κ1) is 11.4. The molecule has 1 aliphatic heterocycles. The van der Waals surface area contributed by atoms with Crippen molar-refractivity contribution in [1.82, 2.24) is 4.98 Å². The summed E-state index contributed by atoms with van der Waals surface area (Å²) in [7, 11) is 0. The molecule has 0 spiro atoms. The molecule has 0 radical (unpaired) electrons. The van der Waals surface area contributed by atoms with E-state index in [2.05, 4.69) is 42.2 Å². The van der Waals surface area contributed by atoms with Crippen LogP contribution in [0.3, 0.4) is 0 Å². The van der Waals surface area contributed by atoms with E-state index >= 15 is 0 Å². The molecule has 0 amide bonds. The SMILES string of the molecule is Cc1cccc2sc(NC3CCSCC3)nc12. The van der Waals surface area contributed by atoms with E-state index in [9.17, 15) is 0 Å². The van der Waals surface area contributed by atoms with Crippen molar-refractivity contribution < 1.29 is 0 Å². The molecule has 0 aliphatic carbocycles. The van der Waals surface area contributed by atoms with Crippen LogP contribution in [0, 0.1) is 6.92 Å². The Morgan fingerprint density at radius 1 is 1.29 bits per heavy atom. The van der Waals surface area contributed by atoms with Crippen LogP contribution >= 0.6 is 23.1 Å². The summed E-state index contributed by atoms with van der Waals surface area (Å²) in [6, 6.07) is 7.01. The molecule has 0 saturated carbocycles. The van der Waals surface area contributed by atoms with Crippen LogP contribution in [0.4, 0.5) is 5.13 Å². The Kier molecular flexibility index (Phi) is 3.25. The van der Waals surface area contributed by atoms with Crippen LogP contribution < -0.4 is 5.32 Å². The molecule has 0 unspecified atom stereocenters. The van der Waals surface area contributed by atoms with Crippen molar-refractivity contribution in [3.63, 3.8) is 0 Å². The topological polar surface area (TPSA) is 24.9 Å². The maximum Gasteiger partial charge on any atom is 0.184 e. The van der Waals surface area contributed by atoms with Gasteiger partial charge in [0.2, 0.25) is 0 Å². The van der Waals surface area contributed by atoms with Gasteiger partial charge in [-0.2, -0.15) is 11.8 Å². The van der Waals surface area contributed by atoms with Crippen molar-refractivity contribution in [3.05, 3.63) is 23.8 Å². The fourth-order valence-electron chi connectivity index (χ4n) is 2.16. The van der Waals surface area contributed by atoms with E-state index in [1.807, 2.05) is 0 Å². The molecule has 2 aromatic rings.